The predicted molar refractivity (Wildman–Crippen MR) is 73.5 cm³/mol. The molecule has 0 aliphatic carbocycles. The van der Waals surface area contributed by atoms with Crippen molar-refractivity contribution < 1.29 is 4.79 Å². The first-order chi connectivity index (χ1) is 6.31. The van der Waals surface area contributed by atoms with Crippen molar-refractivity contribution in [2.24, 2.45) is 10.7 Å². The first-order valence-electron chi connectivity index (χ1n) is 4.64. The predicted octanol–water partition coefficient (Wildman–Crippen LogP) is 0.443. The van der Waals surface area contributed by atoms with Gasteiger partial charge < -0.3 is 16.4 Å². The van der Waals surface area contributed by atoms with Crippen LogP contribution in [-0.4, -0.2) is 30.5 Å². The highest BCUT2D eigenvalue weighted by molar-refractivity contribution is 14.0. The summed E-state index contributed by atoms with van der Waals surface area (Å²) in [6.45, 7) is 8.49. The van der Waals surface area contributed by atoms with Gasteiger partial charge in [0.05, 0.1) is 6.54 Å². The normalized spacial score (nSPS) is 11.6. The van der Waals surface area contributed by atoms with Gasteiger partial charge in [-0.3, -0.25) is 9.79 Å². The molecule has 0 atom stereocenters. The number of aliphatic imine (C=N–C) groups is 1. The van der Waals surface area contributed by atoms with Crippen molar-refractivity contribution in [2.45, 2.75) is 33.2 Å². The smallest absolute Gasteiger partial charge is 0.216 e. The van der Waals surface area contributed by atoms with E-state index in [4.69, 9.17) is 5.73 Å². The molecule has 4 N–H and O–H groups in total. The summed E-state index contributed by atoms with van der Waals surface area (Å²) in [5.41, 5.74) is 5.52. The molecule has 0 unspecified atom stereocenters. The van der Waals surface area contributed by atoms with Crippen LogP contribution in [0.3, 0.4) is 0 Å². The molecule has 0 radical (unpaired) electrons. The Labute approximate surface area is 108 Å². The zero-order valence-electron chi connectivity index (χ0n) is 9.76. The molecule has 0 spiro atoms. The zero-order chi connectivity index (χ0) is 11.2. The SMILES string of the molecule is CC(=O)NCCN=C(N)NC(C)(C)C.I. The minimum Gasteiger partial charge on any atom is -0.370 e. The van der Waals surface area contributed by atoms with Crippen LogP contribution in [0.2, 0.25) is 0 Å². The summed E-state index contributed by atoms with van der Waals surface area (Å²) in [6, 6.07) is 0. The molecule has 0 bridgehead atoms. The Morgan fingerprint density at radius 2 is 1.93 bits per heavy atom. The second-order valence-electron chi connectivity index (χ2n) is 4.12. The molecule has 1 amide bonds. The number of nitrogens with one attached hydrogen (secondary N) is 2. The molecule has 0 saturated carbocycles. The number of guanidine groups is 1. The maximum Gasteiger partial charge on any atom is 0.216 e. The van der Waals surface area contributed by atoms with E-state index in [2.05, 4.69) is 15.6 Å². The monoisotopic (exact) mass is 328 g/mol. The van der Waals surface area contributed by atoms with E-state index in [1.165, 1.54) is 6.92 Å². The van der Waals surface area contributed by atoms with Crippen LogP contribution >= 0.6 is 24.0 Å². The second-order valence-corrected chi connectivity index (χ2v) is 4.12. The van der Waals surface area contributed by atoms with Gasteiger partial charge in [0.1, 0.15) is 0 Å². The fraction of sp³-hybridized carbons (Fsp3) is 0.778. The molecule has 0 aromatic carbocycles. The van der Waals surface area contributed by atoms with Gasteiger partial charge in [-0.15, -0.1) is 24.0 Å². The first-order valence-corrected chi connectivity index (χ1v) is 4.64. The zero-order valence-corrected chi connectivity index (χ0v) is 12.1. The number of nitrogens with zero attached hydrogens (tertiary/aromatic N) is 1. The van der Waals surface area contributed by atoms with E-state index in [1.807, 2.05) is 20.8 Å². The van der Waals surface area contributed by atoms with Crippen molar-refractivity contribution in [1.29, 1.82) is 0 Å². The summed E-state index contributed by atoms with van der Waals surface area (Å²) in [7, 11) is 0. The average molecular weight is 328 g/mol. The molecule has 5 nitrogen and oxygen atoms in total. The number of halogens is 1. The van der Waals surface area contributed by atoms with E-state index in [0.717, 1.165) is 0 Å². The van der Waals surface area contributed by atoms with Gasteiger partial charge in [-0.05, 0) is 20.8 Å². The summed E-state index contributed by atoms with van der Waals surface area (Å²) >= 11 is 0. The summed E-state index contributed by atoms with van der Waals surface area (Å²) in [5, 5.41) is 5.66. The Morgan fingerprint density at radius 1 is 1.40 bits per heavy atom. The van der Waals surface area contributed by atoms with Crippen LogP contribution in [0, 0.1) is 0 Å². The van der Waals surface area contributed by atoms with Gasteiger partial charge in [0.25, 0.3) is 0 Å². The lowest BCUT2D eigenvalue weighted by Crippen LogP contribution is -2.45. The van der Waals surface area contributed by atoms with Gasteiger partial charge in [0.2, 0.25) is 5.91 Å². The lowest BCUT2D eigenvalue weighted by atomic mass is 10.1. The molecular weight excluding hydrogens is 307 g/mol. The van der Waals surface area contributed by atoms with E-state index in [-0.39, 0.29) is 35.4 Å². The van der Waals surface area contributed by atoms with Crippen LogP contribution in [0.1, 0.15) is 27.7 Å². The lowest BCUT2D eigenvalue weighted by Gasteiger charge is -2.20. The molecule has 0 aliphatic heterocycles. The number of rotatable bonds is 3. The van der Waals surface area contributed by atoms with E-state index in [1.54, 1.807) is 0 Å². The van der Waals surface area contributed by atoms with Gasteiger partial charge in [0, 0.05) is 19.0 Å². The first kappa shape index (κ1) is 16.9. The van der Waals surface area contributed by atoms with Crippen LogP contribution < -0.4 is 16.4 Å². The van der Waals surface area contributed by atoms with Gasteiger partial charge >= 0.3 is 0 Å². The number of hydrogen-bond donors (Lipinski definition) is 3. The third-order valence-corrected chi connectivity index (χ3v) is 1.27. The summed E-state index contributed by atoms with van der Waals surface area (Å²) in [4.78, 5) is 14.6. The van der Waals surface area contributed by atoms with Crippen molar-refractivity contribution in [3.8, 4) is 0 Å². The largest absolute Gasteiger partial charge is 0.370 e. The average Bonchev–Trinajstić information content (AvgIpc) is 1.94. The number of carbonyl (C=O) groups is 1. The third-order valence-electron chi connectivity index (χ3n) is 1.27. The van der Waals surface area contributed by atoms with Gasteiger partial charge in [-0.25, -0.2) is 0 Å². The molecule has 0 saturated heterocycles. The van der Waals surface area contributed by atoms with Crippen LogP contribution in [0.4, 0.5) is 0 Å². The van der Waals surface area contributed by atoms with Crippen molar-refractivity contribution in [2.75, 3.05) is 13.1 Å². The quantitative estimate of drug-likeness (QED) is 0.304. The summed E-state index contributed by atoms with van der Waals surface area (Å²) < 4.78 is 0. The third kappa shape index (κ3) is 13.5. The molecule has 0 rings (SSSR count). The van der Waals surface area contributed by atoms with E-state index >= 15 is 0 Å². The molecule has 0 heterocycles. The fourth-order valence-corrected chi connectivity index (χ4v) is 0.832. The standard InChI is InChI=1S/C9H20N4O.HI/c1-7(14)11-5-6-12-8(10)13-9(2,3)4;/h5-6H2,1-4H3,(H,11,14)(H3,10,12,13);1H. The Hall–Kier alpha value is -0.530. The molecule has 0 aliphatic rings. The molecule has 0 aromatic heterocycles. The second kappa shape index (κ2) is 7.72. The number of nitrogens with two attached hydrogens (primary N) is 1. The summed E-state index contributed by atoms with van der Waals surface area (Å²) in [5.74, 6) is 0.352. The molecule has 0 aromatic rings. The molecule has 15 heavy (non-hydrogen) atoms. The summed E-state index contributed by atoms with van der Waals surface area (Å²) in [6.07, 6.45) is 0. The van der Waals surface area contributed by atoms with Gasteiger partial charge in [0.15, 0.2) is 5.96 Å². The van der Waals surface area contributed by atoms with Crippen molar-refractivity contribution in [3.63, 3.8) is 0 Å². The molecule has 6 heteroatoms. The van der Waals surface area contributed by atoms with E-state index in [9.17, 15) is 4.79 Å². The van der Waals surface area contributed by atoms with Crippen molar-refractivity contribution in [3.05, 3.63) is 0 Å². The van der Waals surface area contributed by atoms with Crippen LogP contribution in [0.15, 0.2) is 4.99 Å². The van der Waals surface area contributed by atoms with Crippen molar-refractivity contribution >= 4 is 35.8 Å². The topological polar surface area (TPSA) is 79.5 Å². The van der Waals surface area contributed by atoms with E-state index in [0.29, 0.717) is 19.0 Å². The Kier molecular flexibility index (Phi) is 8.69. The fourth-order valence-electron chi connectivity index (χ4n) is 0.832. The minimum atomic E-state index is -0.0818. The number of hydrogen-bond acceptors (Lipinski definition) is 2. The number of carbonyl (C=O) groups excluding carboxylic acids is 1. The van der Waals surface area contributed by atoms with Crippen LogP contribution in [0.25, 0.3) is 0 Å². The minimum absolute atomic E-state index is 0. The van der Waals surface area contributed by atoms with Crippen LogP contribution in [-0.2, 0) is 4.79 Å². The van der Waals surface area contributed by atoms with Crippen molar-refractivity contribution in [1.82, 2.24) is 10.6 Å². The maximum atomic E-state index is 10.5. The highest BCUT2D eigenvalue weighted by Crippen LogP contribution is 1.96. The number of amides is 1. The molecule has 0 fully saturated rings. The Morgan fingerprint density at radius 3 is 2.33 bits per heavy atom. The Balaban J connectivity index is 0. The molecular formula is C9H21IN4O. The maximum absolute atomic E-state index is 10.5. The van der Waals surface area contributed by atoms with Gasteiger partial charge in [-0.2, -0.15) is 0 Å². The van der Waals surface area contributed by atoms with Gasteiger partial charge in [-0.1, -0.05) is 0 Å². The van der Waals surface area contributed by atoms with Crippen LogP contribution in [0.5, 0.6) is 0 Å². The molecule has 90 valence electrons. The Bertz CT molecular complexity index is 223. The van der Waals surface area contributed by atoms with E-state index < -0.39 is 0 Å². The lowest BCUT2D eigenvalue weighted by molar-refractivity contribution is -0.118. The highest BCUT2D eigenvalue weighted by atomic mass is 127. The highest BCUT2D eigenvalue weighted by Gasteiger charge is 2.09.